The molecular weight excluding hydrogens is 392 g/mol. The first-order valence-electron chi connectivity index (χ1n) is 8.69. The zero-order valence-corrected chi connectivity index (χ0v) is 17.1. The Morgan fingerprint density at radius 3 is 2.75 bits per heavy atom. The second-order valence-corrected chi connectivity index (χ2v) is 8.56. The summed E-state index contributed by atoms with van der Waals surface area (Å²) in [6, 6.07) is 11.9. The summed E-state index contributed by atoms with van der Waals surface area (Å²) in [5.41, 5.74) is 2.47. The summed E-state index contributed by atoms with van der Waals surface area (Å²) in [7, 11) is 3.45. The predicted molar refractivity (Wildman–Crippen MR) is 113 cm³/mol. The number of likely N-dealkylation sites (N-methyl/N-ethyl adjacent to an activating group) is 1. The van der Waals surface area contributed by atoms with Gasteiger partial charge < -0.3 is 4.90 Å². The van der Waals surface area contributed by atoms with Gasteiger partial charge >= 0.3 is 0 Å². The van der Waals surface area contributed by atoms with E-state index in [1.807, 2.05) is 41.8 Å². The lowest BCUT2D eigenvalue weighted by molar-refractivity contribution is -0.127. The Morgan fingerprint density at radius 2 is 2.00 bits per heavy atom. The summed E-state index contributed by atoms with van der Waals surface area (Å²) in [4.78, 5) is 36.2. The molecule has 0 saturated heterocycles. The molecule has 6 nitrogen and oxygen atoms in total. The van der Waals surface area contributed by atoms with Gasteiger partial charge in [0.25, 0.3) is 5.56 Å². The number of aromatic nitrogens is 3. The maximum absolute atomic E-state index is 12.9. The Kier molecular flexibility index (Phi) is 5.06. The van der Waals surface area contributed by atoms with Crippen molar-refractivity contribution < 1.29 is 4.79 Å². The Balaban J connectivity index is 1.60. The number of thiazole rings is 1. The number of nitrogens with zero attached hydrogens (tertiary/aromatic N) is 4. The van der Waals surface area contributed by atoms with Crippen molar-refractivity contribution in [3.63, 3.8) is 0 Å². The van der Waals surface area contributed by atoms with Crippen LogP contribution in [0.5, 0.6) is 0 Å². The minimum atomic E-state index is -0.0731. The van der Waals surface area contributed by atoms with E-state index in [-0.39, 0.29) is 17.9 Å². The van der Waals surface area contributed by atoms with Gasteiger partial charge in [-0.2, -0.15) is 0 Å². The van der Waals surface area contributed by atoms with Gasteiger partial charge in [0.05, 0.1) is 30.5 Å². The molecule has 142 valence electrons. The van der Waals surface area contributed by atoms with Gasteiger partial charge in [-0.25, -0.2) is 9.97 Å². The normalized spacial score (nSPS) is 11.1. The number of fused-ring (bicyclic) bond motifs is 1. The SMILES string of the molecule is CN(C)C(=O)Cc1nc(Cn2cnc3cc(-c4ccccc4)sc3c2=O)cs1. The number of thiophene rings is 1. The van der Waals surface area contributed by atoms with Crippen LogP contribution < -0.4 is 5.56 Å². The maximum Gasteiger partial charge on any atom is 0.271 e. The maximum atomic E-state index is 12.9. The Morgan fingerprint density at radius 1 is 1.21 bits per heavy atom. The molecule has 4 aromatic rings. The smallest absolute Gasteiger partial charge is 0.271 e. The molecule has 0 unspecified atom stereocenters. The molecule has 4 rings (SSSR count). The lowest BCUT2D eigenvalue weighted by Crippen LogP contribution is -2.23. The van der Waals surface area contributed by atoms with Crippen LogP contribution in [-0.2, 0) is 17.8 Å². The van der Waals surface area contributed by atoms with Crippen molar-refractivity contribution in [1.82, 2.24) is 19.4 Å². The minimum Gasteiger partial charge on any atom is -0.348 e. The number of hydrogen-bond donors (Lipinski definition) is 0. The molecule has 28 heavy (non-hydrogen) atoms. The molecule has 0 aliphatic heterocycles. The third-order valence-electron chi connectivity index (χ3n) is 4.29. The quantitative estimate of drug-likeness (QED) is 0.506. The highest BCUT2D eigenvalue weighted by Crippen LogP contribution is 2.30. The number of rotatable bonds is 5. The van der Waals surface area contributed by atoms with Gasteiger partial charge in [0.1, 0.15) is 9.71 Å². The molecule has 3 heterocycles. The summed E-state index contributed by atoms with van der Waals surface area (Å²) >= 11 is 2.89. The topological polar surface area (TPSA) is 68.1 Å². The van der Waals surface area contributed by atoms with E-state index in [0.29, 0.717) is 16.8 Å². The third-order valence-corrected chi connectivity index (χ3v) is 6.35. The van der Waals surface area contributed by atoms with E-state index < -0.39 is 0 Å². The molecule has 0 aliphatic carbocycles. The van der Waals surface area contributed by atoms with Gasteiger partial charge in [0.2, 0.25) is 5.91 Å². The first-order chi connectivity index (χ1) is 13.5. The zero-order valence-electron chi connectivity index (χ0n) is 15.5. The van der Waals surface area contributed by atoms with E-state index in [0.717, 1.165) is 21.1 Å². The van der Waals surface area contributed by atoms with E-state index >= 15 is 0 Å². The number of amides is 1. The molecule has 0 saturated carbocycles. The Bertz CT molecular complexity index is 1190. The van der Waals surface area contributed by atoms with Crippen LogP contribution >= 0.6 is 22.7 Å². The highest BCUT2D eigenvalue weighted by Gasteiger charge is 2.13. The monoisotopic (exact) mass is 410 g/mol. The molecule has 1 amide bonds. The van der Waals surface area contributed by atoms with E-state index in [9.17, 15) is 9.59 Å². The zero-order chi connectivity index (χ0) is 19.7. The molecule has 3 aromatic heterocycles. The standard InChI is InChI=1S/C20H18N4O2S2/c1-23(2)18(25)9-17-22-14(11-27-17)10-24-12-21-15-8-16(28-19(15)20(24)26)13-6-4-3-5-7-13/h3-8,11-12H,9-10H2,1-2H3. The van der Waals surface area contributed by atoms with Gasteiger partial charge in [0.15, 0.2) is 0 Å². The number of carbonyl (C=O) groups excluding carboxylic acids is 1. The van der Waals surface area contributed by atoms with Crippen molar-refractivity contribution in [2.45, 2.75) is 13.0 Å². The van der Waals surface area contributed by atoms with E-state index in [1.165, 1.54) is 22.7 Å². The van der Waals surface area contributed by atoms with Crippen LogP contribution in [0.4, 0.5) is 0 Å². The van der Waals surface area contributed by atoms with Crippen molar-refractivity contribution >= 4 is 38.8 Å². The summed E-state index contributed by atoms with van der Waals surface area (Å²) in [5, 5.41) is 2.64. The second kappa shape index (κ2) is 7.65. The fourth-order valence-electron chi connectivity index (χ4n) is 2.77. The van der Waals surface area contributed by atoms with E-state index in [4.69, 9.17) is 0 Å². The molecule has 0 aliphatic rings. The van der Waals surface area contributed by atoms with Gasteiger partial charge in [-0.1, -0.05) is 30.3 Å². The van der Waals surface area contributed by atoms with Gasteiger partial charge in [-0.15, -0.1) is 22.7 Å². The summed E-state index contributed by atoms with van der Waals surface area (Å²) in [5.74, 6) is 0.00757. The van der Waals surface area contributed by atoms with Gasteiger partial charge in [-0.3, -0.25) is 14.2 Å². The molecule has 0 radical (unpaired) electrons. The summed E-state index contributed by atoms with van der Waals surface area (Å²) in [6.45, 7) is 0.340. The van der Waals surface area contributed by atoms with Gasteiger partial charge in [-0.05, 0) is 11.6 Å². The third kappa shape index (κ3) is 3.74. The lowest BCUT2D eigenvalue weighted by Gasteiger charge is -2.07. The van der Waals surface area contributed by atoms with Crippen molar-refractivity contribution in [3.05, 3.63) is 69.2 Å². The predicted octanol–water partition coefficient (Wildman–Crippen LogP) is 3.26. The Hall–Kier alpha value is -2.84. The fourth-order valence-corrected chi connectivity index (χ4v) is 4.61. The van der Waals surface area contributed by atoms with Crippen LogP contribution in [0.15, 0.2) is 52.9 Å². The number of benzene rings is 1. The Labute approximate surface area is 169 Å². The van der Waals surface area contributed by atoms with E-state index in [1.54, 1.807) is 29.9 Å². The second-order valence-electron chi connectivity index (χ2n) is 6.57. The van der Waals surface area contributed by atoms with Crippen LogP contribution in [0.1, 0.15) is 10.7 Å². The highest BCUT2D eigenvalue weighted by molar-refractivity contribution is 7.22. The van der Waals surface area contributed by atoms with Crippen molar-refractivity contribution in [2.75, 3.05) is 14.1 Å². The summed E-state index contributed by atoms with van der Waals surface area (Å²) in [6.07, 6.45) is 1.84. The molecule has 8 heteroatoms. The average molecular weight is 411 g/mol. The van der Waals surface area contributed by atoms with Crippen LogP contribution in [0, 0.1) is 0 Å². The van der Waals surface area contributed by atoms with Crippen molar-refractivity contribution in [3.8, 4) is 10.4 Å². The van der Waals surface area contributed by atoms with Crippen LogP contribution in [0.2, 0.25) is 0 Å². The molecule has 1 aromatic carbocycles. The number of hydrogen-bond acceptors (Lipinski definition) is 6. The van der Waals surface area contributed by atoms with Crippen molar-refractivity contribution in [2.24, 2.45) is 0 Å². The largest absolute Gasteiger partial charge is 0.348 e. The molecule has 0 fully saturated rings. The first-order valence-corrected chi connectivity index (χ1v) is 10.4. The average Bonchev–Trinajstić information content (AvgIpc) is 3.32. The first kappa shape index (κ1) is 18.5. The molecule has 0 N–H and O–H groups in total. The molecule has 0 spiro atoms. The van der Waals surface area contributed by atoms with Crippen LogP contribution in [0.25, 0.3) is 20.7 Å². The minimum absolute atomic E-state index is 0.00757. The fraction of sp³-hybridized carbons (Fsp3) is 0.200. The van der Waals surface area contributed by atoms with E-state index in [2.05, 4.69) is 9.97 Å². The van der Waals surface area contributed by atoms with Crippen molar-refractivity contribution in [1.29, 1.82) is 0 Å². The summed E-state index contributed by atoms with van der Waals surface area (Å²) < 4.78 is 2.21. The van der Waals surface area contributed by atoms with Crippen LogP contribution in [-0.4, -0.2) is 39.4 Å². The number of carbonyl (C=O) groups is 1. The molecular formula is C20H18N4O2S2. The van der Waals surface area contributed by atoms with Crippen LogP contribution in [0.3, 0.4) is 0 Å². The van der Waals surface area contributed by atoms with Gasteiger partial charge in [0, 0.05) is 24.4 Å². The highest BCUT2D eigenvalue weighted by atomic mass is 32.1. The molecule has 0 bridgehead atoms. The lowest BCUT2D eigenvalue weighted by atomic mass is 10.2. The molecule has 0 atom stereocenters.